The van der Waals surface area contributed by atoms with Crippen molar-refractivity contribution in [2.24, 2.45) is 0 Å². The molecule has 0 radical (unpaired) electrons. The predicted octanol–water partition coefficient (Wildman–Crippen LogP) is 3.23. The molecule has 0 aromatic heterocycles. The Bertz CT molecular complexity index is 386. The van der Waals surface area contributed by atoms with Gasteiger partial charge in [-0.1, -0.05) is 12.5 Å². The monoisotopic (exact) mass is 259 g/mol. The van der Waals surface area contributed by atoms with Crippen molar-refractivity contribution in [3.63, 3.8) is 0 Å². The maximum atomic E-state index is 12.5. The molecule has 5 heteroatoms. The Balaban J connectivity index is 1.92. The lowest BCUT2D eigenvalue weighted by molar-refractivity contribution is -0.137. The van der Waals surface area contributed by atoms with Gasteiger partial charge in [0.1, 0.15) is 12.4 Å². The molecule has 1 saturated heterocycles. The second kappa shape index (κ2) is 5.61. The van der Waals surface area contributed by atoms with Crippen LogP contribution in [0.1, 0.15) is 24.8 Å². The van der Waals surface area contributed by atoms with Crippen molar-refractivity contribution in [1.29, 1.82) is 0 Å². The Morgan fingerprint density at radius 1 is 1.28 bits per heavy atom. The van der Waals surface area contributed by atoms with Crippen molar-refractivity contribution in [1.82, 2.24) is 5.32 Å². The number of hydrogen-bond acceptors (Lipinski definition) is 2. The minimum absolute atomic E-state index is 0.244. The number of piperidine rings is 1. The lowest BCUT2D eigenvalue weighted by Gasteiger charge is -2.23. The van der Waals surface area contributed by atoms with E-state index < -0.39 is 11.7 Å². The summed E-state index contributed by atoms with van der Waals surface area (Å²) in [7, 11) is 0. The largest absolute Gasteiger partial charge is 0.492 e. The number of alkyl halides is 3. The van der Waals surface area contributed by atoms with E-state index in [1.807, 2.05) is 0 Å². The SMILES string of the molecule is FC(F)(F)c1cccc(OC[C@H]2CCCCN2)c1. The minimum atomic E-state index is -4.32. The average molecular weight is 259 g/mol. The van der Waals surface area contributed by atoms with E-state index in [2.05, 4.69) is 5.32 Å². The summed E-state index contributed by atoms with van der Waals surface area (Å²) in [6.07, 6.45) is -1.01. The van der Waals surface area contributed by atoms with Gasteiger partial charge >= 0.3 is 6.18 Å². The molecule has 0 amide bonds. The van der Waals surface area contributed by atoms with Crippen LogP contribution in [-0.2, 0) is 6.18 Å². The number of ether oxygens (including phenoxy) is 1. The van der Waals surface area contributed by atoms with E-state index in [0.29, 0.717) is 6.61 Å². The van der Waals surface area contributed by atoms with Crippen molar-refractivity contribution in [2.45, 2.75) is 31.5 Å². The highest BCUT2D eigenvalue weighted by molar-refractivity contribution is 5.30. The summed E-state index contributed by atoms with van der Waals surface area (Å²) in [5.74, 6) is 0.275. The molecule has 0 aliphatic carbocycles. The number of hydrogen-bond donors (Lipinski definition) is 1. The summed E-state index contributed by atoms with van der Waals surface area (Å²) in [4.78, 5) is 0. The van der Waals surface area contributed by atoms with Crippen molar-refractivity contribution >= 4 is 0 Å². The number of benzene rings is 1. The van der Waals surface area contributed by atoms with Gasteiger partial charge in [-0.05, 0) is 37.6 Å². The summed E-state index contributed by atoms with van der Waals surface area (Å²) >= 11 is 0. The molecule has 1 aromatic carbocycles. The summed E-state index contributed by atoms with van der Waals surface area (Å²) in [6.45, 7) is 1.37. The molecule has 0 spiro atoms. The Kier molecular flexibility index (Phi) is 4.11. The average Bonchev–Trinajstić information content (AvgIpc) is 2.37. The standard InChI is InChI=1S/C13H16F3NO/c14-13(15,16)10-4-3-6-12(8-10)18-9-11-5-1-2-7-17-11/h3-4,6,8,11,17H,1-2,5,7,9H2/t11-/m1/s1. The molecule has 0 saturated carbocycles. The van der Waals surface area contributed by atoms with Gasteiger partial charge in [0.05, 0.1) is 5.56 Å². The van der Waals surface area contributed by atoms with Gasteiger partial charge in [0.25, 0.3) is 0 Å². The van der Waals surface area contributed by atoms with E-state index in [0.717, 1.165) is 37.9 Å². The van der Waals surface area contributed by atoms with Crippen LogP contribution in [0.15, 0.2) is 24.3 Å². The maximum Gasteiger partial charge on any atom is 0.416 e. The van der Waals surface area contributed by atoms with Crippen LogP contribution < -0.4 is 10.1 Å². The molecular weight excluding hydrogens is 243 g/mol. The lowest BCUT2D eigenvalue weighted by Crippen LogP contribution is -2.38. The molecule has 2 nitrogen and oxygen atoms in total. The second-order valence-electron chi connectivity index (χ2n) is 4.48. The van der Waals surface area contributed by atoms with Gasteiger partial charge in [-0.15, -0.1) is 0 Å². The zero-order chi connectivity index (χ0) is 13.0. The Labute approximate surface area is 104 Å². The van der Waals surface area contributed by atoms with Crippen LogP contribution >= 0.6 is 0 Å². The number of halogens is 3. The van der Waals surface area contributed by atoms with Gasteiger partial charge in [-0.3, -0.25) is 0 Å². The van der Waals surface area contributed by atoms with Crippen LogP contribution in [0.5, 0.6) is 5.75 Å². The molecule has 0 bridgehead atoms. The Morgan fingerprint density at radius 3 is 2.78 bits per heavy atom. The van der Waals surface area contributed by atoms with Crippen LogP contribution in [0.4, 0.5) is 13.2 Å². The third kappa shape index (κ3) is 3.63. The molecule has 1 N–H and O–H groups in total. The topological polar surface area (TPSA) is 21.3 Å². The van der Waals surface area contributed by atoms with E-state index in [-0.39, 0.29) is 11.8 Å². The first kappa shape index (κ1) is 13.2. The molecule has 18 heavy (non-hydrogen) atoms. The van der Waals surface area contributed by atoms with E-state index in [4.69, 9.17) is 4.74 Å². The maximum absolute atomic E-state index is 12.5. The third-order valence-corrected chi connectivity index (χ3v) is 3.02. The number of rotatable bonds is 3. The Morgan fingerprint density at radius 2 is 2.11 bits per heavy atom. The van der Waals surface area contributed by atoms with Crippen LogP contribution in [-0.4, -0.2) is 19.2 Å². The molecule has 0 unspecified atom stereocenters. The molecular formula is C13H16F3NO. The van der Waals surface area contributed by atoms with E-state index >= 15 is 0 Å². The zero-order valence-electron chi connectivity index (χ0n) is 9.96. The summed E-state index contributed by atoms with van der Waals surface area (Å²) in [6, 6.07) is 5.26. The van der Waals surface area contributed by atoms with Gasteiger partial charge in [0.15, 0.2) is 0 Å². The molecule has 100 valence electrons. The molecule has 1 heterocycles. The highest BCUT2D eigenvalue weighted by Crippen LogP contribution is 2.31. The van der Waals surface area contributed by atoms with E-state index in [1.54, 1.807) is 6.07 Å². The van der Waals surface area contributed by atoms with Gasteiger partial charge in [0, 0.05) is 6.04 Å². The molecule has 2 rings (SSSR count). The zero-order valence-corrected chi connectivity index (χ0v) is 9.96. The first-order chi connectivity index (χ1) is 8.55. The molecule has 1 aliphatic rings. The van der Waals surface area contributed by atoms with Gasteiger partial charge in [-0.25, -0.2) is 0 Å². The molecule has 1 aromatic rings. The molecule has 1 fully saturated rings. The van der Waals surface area contributed by atoms with Gasteiger partial charge < -0.3 is 10.1 Å². The summed E-state index contributed by atoms with van der Waals surface area (Å²) in [5.41, 5.74) is -0.670. The Hall–Kier alpha value is -1.23. The fourth-order valence-electron chi connectivity index (χ4n) is 2.03. The first-order valence-electron chi connectivity index (χ1n) is 6.09. The quantitative estimate of drug-likeness (QED) is 0.899. The minimum Gasteiger partial charge on any atom is -0.492 e. The van der Waals surface area contributed by atoms with Gasteiger partial charge in [-0.2, -0.15) is 13.2 Å². The third-order valence-electron chi connectivity index (χ3n) is 3.02. The summed E-state index contributed by atoms with van der Waals surface area (Å²) < 4.78 is 42.9. The van der Waals surface area contributed by atoms with Crippen LogP contribution in [0, 0.1) is 0 Å². The van der Waals surface area contributed by atoms with Crippen LogP contribution in [0.2, 0.25) is 0 Å². The fraction of sp³-hybridized carbons (Fsp3) is 0.538. The first-order valence-corrected chi connectivity index (χ1v) is 6.09. The molecule has 1 atom stereocenters. The van der Waals surface area contributed by atoms with Crippen molar-refractivity contribution in [3.8, 4) is 5.75 Å². The van der Waals surface area contributed by atoms with E-state index in [1.165, 1.54) is 6.07 Å². The predicted molar refractivity (Wildman–Crippen MR) is 62.6 cm³/mol. The second-order valence-corrected chi connectivity index (χ2v) is 4.48. The highest BCUT2D eigenvalue weighted by Gasteiger charge is 2.30. The van der Waals surface area contributed by atoms with E-state index in [9.17, 15) is 13.2 Å². The van der Waals surface area contributed by atoms with Crippen LogP contribution in [0.3, 0.4) is 0 Å². The molecule has 1 aliphatic heterocycles. The highest BCUT2D eigenvalue weighted by atomic mass is 19.4. The van der Waals surface area contributed by atoms with Gasteiger partial charge in [0.2, 0.25) is 0 Å². The van der Waals surface area contributed by atoms with Crippen molar-refractivity contribution < 1.29 is 17.9 Å². The van der Waals surface area contributed by atoms with Crippen LogP contribution in [0.25, 0.3) is 0 Å². The number of nitrogens with one attached hydrogen (secondary N) is 1. The van der Waals surface area contributed by atoms with Crippen molar-refractivity contribution in [3.05, 3.63) is 29.8 Å². The fourth-order valence-corrected chi connectivity index (χ4v) is 2.03. The normalized spacial score (nSPS) is 20.7. The smallest absolute Gasteiger partial charge is 0.416 e. The van der Waals surface area contributed by atoms with Crippen molar-refractivity contribution in [2.75, 3.05) is 13.2 Å². The lowest BCUT2D eigenvalue weighted by atomic mass is 10.1. The summed E-state index contributed by atoms with van der Waals surface area (Å²) in [5, 5.41) is 3.29.